The Hall–Kier alpha value is -5.31. The highest BCUT2D eigenvalue weighted by atomic mass is 16.5. The predicted octanol–water partition coefficient (Wildman–Crippen LogP) is 6.23. The van der Waals surface area contributed by atoms with Crippen molar-refractivity contribution in [2.24, 2.45) is 7.05 Å². The van der Waals surface area contributed by atoms with E-state index >= 15 is 0 Å². The van der Waals surface area contributed by atoms with Gasteiger partial charge in [0, 0.05) is 42.7 Å². The highest BCUT2D eigenvalue weighted by molar-refractivity contribution is 6.03. The fourth-order valence-corrected chi connectivity index (χ4v) is 4.95. The minimum Gasteiger partial charge on any atom is -0.457 e. The summed E-state index contributed by atoms with van der Waals surface area (Å²) in [6.45, 7) is 0.486. The Labute approximate surface area is 249 Å². The van der Waals surface area contributed by atoms with E-state index in [4.69, 9.17) is 10.5 Å². The van der Waals surface area contributed by atoms with Crippen LogP contribution in [0, 0.1) is 0 Å². The summed E-state index contributed by atoms with van der Waals surface area (Å²) in [6.07, 6.45) is 5.43. The van der Waals surface area contributed by atoms with Crippen molar-refractivity contribution in [2.45, 2.75) is 32.1 Å². The van der Waals surface area contributed by atoms with E-state index in [1.54, 1.807) is 31.4 Å². The molecule has 5 aromatic rings. The predicted molar refractivity (Wildman–Crippen MR) is 170 cm³/mol. The molecule has 9 nitrogen and oxygen atoms in total. The molecular weight excluding hydrogens is 542 g/mol. The first-order chi connectivity index (χ1) is 20.9. The third kappa shape index (κ3) is 7.13. The molecule has 0 unspecified atom stereocenters. The Bertz CT molecular complexity index is 1790. The molecule has 43 heavy (non-hydrogen) atoms. The zero-order valence-electron chi connectivity index (χ0n) is 24.1. The first-order valence-electron chi connectivity index (χ1n) is 14.4. The molecule has 2 aromatic heterocycles. The Balaban J connectivity index is 1.19. The van der Waals surface area contributed by atoms with Gasteiger partial charge in [-0.3, -0.25) is 14.4 Å². The van der Waals surface area contributed by atoms with Crippen LogP contribution in [0.3, 0.4) is 0 Å². The number of carbonyl (C=O) groups excluding carboxylic acids is 2. The van der Waals surface area contributed by atoms with E-state index in [0.717, 1.165) is 36.8 Å². The average molecular weight is 578 g/mol. The maximum atomic E-state index is 13.0. The third-order valence-corrected chi connectivity index (χ3v) is 7.21. The molecule has 2 heterocycles. The van der Waals surface area contributed by atoms with Crippen molar-refractivity contribution in [1.82, 2.24) is 14.9 Å². The lowest BCUT2D eigenvalue weighted by Crippen LogP contribution is -2.24. The number of anilines is 2. The summed E-state index contributed by atoms with van der Waals surface area (Å²) in [6, 6.07) is 26.0. The van der Waals surface area contributed by atoms with E-state index in [9.17, 15) is 14.4 Å². The molecule has 0 aliphatic heterocycles. The molecule has 0 atom stereocenters. The van der Waals surface area contributed by atoms with Gasteiger partial charge in [0.15, 0.2) is 0 Å². The number of hydrogen-bond acceptors (Lipinski definition) is 5. The summed E-state index contributed by atoms with van der Waals surface area (Å²) in [5, 5.41) is 6.42. The molecule has 0 aliphatic rings. The van der Waals surface area contributed by atoms with Gasteiger partial charge < -0.3 is 30.7 Å². The highest BCUT2D eigenvalue weighted by Gasteiger charge is 2.18. The molecule has 2 amide bonds. The lowest BCUT2D eigenvalue weighted by atomic mass is 10.0. The first-order valence-corrected chi connectivity index (χ1v) is 14.4. The lowest BCUT2D eigenvalue weighted by Gasteiger charge is -2.13. The van der Waals surface area contributed by atoms with Gasteiger partial charge in [-0.15, -0.1) is 0 Å². The topological polar surface area (TPSA) is 131 Å². The van der Waals surface area contributed by atoms with Crippen LogP contribution in [0.5, 0.6) is 11.5 Å². The van der Waals surface area contributed by atoms with E-state index in [1.807, 2.05) is 66.7 Å². The monoisotopic (exact) mass is 577 g/mol. The molecule has 0 spiro atoms. The second-order valence-electron chi connectivity index (χ2n) is 10.4. The summed E-state index contributed by atoms with van der Waals surface area (Å²) < 4.78 is 7.68. The second-order valence-corrected chi connectivity index (χ2v) is 10.4. The van der Waals surface area contributed by atoms with Crippen LogP contribution in [0.1, 0.15) is 42.6 Å². The molecule has 0 saturated carbocycles. The summed E-state index contributed by atoms with van der Waals surface area (Å²) in [5.41, 5.74) is 9.07. The molecule has 0 radical (unpaired) electrons. The van der Waals surface area contributed by atoms with Crippen molar-refractivity contribution in [3.63, 3.8) is 0 Å². The van der Waals surface area contributed by atoms with Crippen molar-refractivity contribution in [3.05, 3.63) is 107 Å². The van der Waals surface area contributed by atoms with Crippen molar-refractivity contribution in [3.8, 4) is 22.6 Å². The summed E-state index contributed by atoms with van der Waals surface area (Å²) in [4.78, 5) is 41.2. The van der Waals surface area contributed by atoms with E-state index in [0.29, 0.717) is 52.4 Å². The van der Waals surface area contributed by atoms with Gasteiger partial charge in [-0.25, -0.2) is 0 Å². The number of fused-ring (bicyclic) bond motifs is 1. The lowest BCUT2D eigenvalue weighted by molar-refractivity contribution is -0.116. The molecular formula is C34H35N5O4. The molecule has 220 valence electrons. The zero-order valence-corrected chi connectivity index (χ0v) is 24.1. The third-order valence-electron chi connectivity index (χ3n) is 7.21. The Kier molecular flexibility index (Phi) is 9.21. The van der Waals surface area contributed by atoms with Gasteiger partial charge >= 0.3 is 0 Å². The van der Waals surface area contributed by atoms with Crippen molar-refractivity contribution in [2.75, 3.05) is 17.6 Å². The second kappa shape index (κ2) is 13.6. The number of aromatic nitrogens is 2. The number of unbranched alkanes of at least 4 members (excludes halogenated alkanes) is 3. The van der Waals surface area contributed by atoms with Crippen LogP contribution in [0.15, 0.2) is 95.9 Å². The Morgan fingerprint density at radius 3 is 2.42 bits per heavy atom. The Morgan fingerprint density at radius 1 is 0.884 bits per heavy atom. The average Bonchev–Trinajstić information content (AvgIpc) is 3.47. The van der Waals surface area contributed by atoms with Crippen LogP contribution >= 0.6 is 0 Å². The van der Waals surface area contributed by atoms with Gasteiger partial charge in [-0.1, -0.05) is 61.4 Å². The van der Waals surface area contributed by atoms with Gasteiger partial charge in [0.25, 0.3) is 11.5 Å². The number of ether oxygens (including phenoxy) is 1. The molecule has 5 N–H and O–H groups in total. The fourth-order valence-electron chi connectivity index (χ4n) is 4.95. The van der Waals surface area contributed by atoms with Gasteiger partial charge in [0.1, 0.15) is 22.7 Å². The van der Waals surface area contributed by atoms with Gasteiger partial charge in [0.2, 0.25) is 5.91 Å². The molecule has 5 rings (SSSR count). The van der Waals surface area contributed by atoms with E-state index < -0.39 is 0 Å². The summed E-state index contributed by atoms with van der Waals surface area (Å²) >= 11 is 0. The quantitative estimate of drug-likeness (QED) is 0.103. The number of aryl methyl sites for hydroxylation is 1. The maximum Gasteiger partial charge on any atom is 0.274 e. The van der Waals surface area contributed by atoms with Gasteiger partial charge in [-0.2, -0.15) is 0 Å². The standard InChI is InChI=1S/C34H35N5O4/c1-39-22-26(24-15-8-11-18-30(24)43-23-13-5-4-6-14-23)25-21-29(38-32(25)34(39)42)33(41)36-20-12-3-2-7-19-31(40)37-28-17-10-9-16-27(28)35/h4-6,8-11,13-18,21-22,38H,2-3,7,12,19-20,35H2,1H3,(H,36,41)(H,37,40). The van der Waals surface area contributed by atoms with E-state index in [-0.39, 0.29) is 17.4 Å². The number of benzene rings is 3. The number of nitrogens with one attached hydrogen (secondary N) is 3. The van der Waals surface area contributed by atoms with Crippen LogP contribution in [-0.2, 0) is 11.8 Å². The molecule has 3 aromatic carbocycles. The number of aromatic amines is 1. The number of nitrogens with zero attached hydrogens (tertiary/aromatic N) is 1. The minimum absolute atomic E-state index is 0.0650. The molecule has 0 fully saturated rings. The number of rotatable bonds is 12. The normalized spacial score (nSPS) is 10.9. The van der Waals surface area contributed by atoms with Crippen molar-refractivity contribution < 1.29 is 14.3 Å². The zero-order chi connectivity index (χ0) is 30.2. The molecule has 0 bridgehead atoms. The van der Waals surface area contributed by atoms with Crippen LogP contribution in [0.25, 0.3) is 22.0 Å². The van der Waals surface area contributed by atoms with Crippen LogP contribution in [0.2, 0.25) is 0 Å². The molecule has 9 heteroatoms. The Morgan fingerprint density at radius 2 is 1.60 bits per heavy atom. The smallest absolute Gasteiger partial charge is 0.274 e. The maximum absolute atomic E-state index is 13.0. The fraction of sp³-hybridized carbons (Fsp3) is 0.206. The van der Waals surface area contributed by atoms with E-state index in [1.165, 1.54) is 4.57 Å². The van der Waals surface area contributed by atoms with Crippen LogP contribution in [0.4, 0.5) is 11.4 Å². The number of amides is 2. The summed E-state index contributed by atoms with van der Waals surface area (Å²) in [7, 11) is 1.69. The van der Waals surface area contributed by atoms with Crippen LogP contribution < -0.4 is 26.7 Å². The number of hydrogen-bond donors (Lipinski definition) is 4. The number of nitrogen functional groups attached to an aromatic ring is 1. The molecule has 0 aliphatic carbocycles. The number of nitrogens with two attached hydrogens (primary N) is 1. The SMILES string of the molecule is Cn1cc(-c2ccccc2Oc2ccccc2)c2cc(C(=O)NCCCCCCC(=O)Nc3ccccc3N)[nH]c2c1=O. The number of carbonyl (C=O) groups is 2. The van der Waals surface area contributed by atoms with Gasteiger partial charge in [-0.05, 0) is 49.2 Å². The number of H-pyrrole nitrogens is 1. The van der Waals surface area contributed by atoms with Crippen molar-refractivity contribution >= 4 is 34.1 Å². The molecule has 0 saturated heterocycles. The van der Waals surface area contributed by atoms with E-state index in [2.05, 4.69) is 15.6 Å². The highest BCUT2D eigenvalue weighted by Crippen LogP contribution is 2.36. The van der Waals surface area contributed by atoms with Crippen molar-refractivity contribution in [1.29, 1.82) is 0 Å². The largest absolute Gasteiger partial charge is 0.457 e. The van der Waals surface area contributed by atoms with Crippen LogP contribution in [-0.4, -0.2) is 27.9 Å². The minimum atomic E-state index is -0.280. The summed E-state index contributed by atoms with van der Waals surface area (Å²) in [5.74, 6) is 0.996. The first kappa shape index (κ1) is 29.2. The number of pyridine rings is 1. The number of para-hydroxylation sites is 4. The van der Waals surface area contributed by atoms with Gasteiger partial charge in [0.05, 0.1) is 11.4 Å².